The Kier molecular flexibility index (Phi) is 2.57. The molecule has 1 aromatic rings. The Morgan fingerprint density at radius 3 is 2.60 bits per heavy atom. The number of carbonyl (C=O) groups is 1. The van der Waals surface area contributed by atoms with Crippen LogP contribution in [-0.4, -0.2) is 18.5 Å². The van der Waals surface area contributed by atoms with Gasteiger partial charge in [0.15, 0.2) is 5.60 Å². The first-order valence-corrected chi connectivity index (χ1v) is 5.30. The van der Waals surface area contributed by atoms with Gasteiger partial charge in [0, 0.05) is 0 Å². The van der Waals surface area contributed by atoms with Gasteiger partial charge in [0.2, 0.25) is 0 Å². The molecule has 2 rings (SSSR count). The average molecular weight is 226 g/mol. The SMILES string of the molecule is Cc1ccc([C@@]2(CCl)CNC(=O)O2)cc1. The molecule has 3 nitrogen and oxygen atoms in total. The van der Waals surface area contributed by atoms with Crippen LogP contribution < -0.4 is 5.32 Å². The maximum Gasteiger partial charge on any atom is 0.408 e. The predicted molar refractivity (Wildman–Crippen MR) is 58.1 cm³/mol. The van der Waals surface area contributed by atoms with Crippen LogP contribution in [0.5, 0.6) is 0 Å². The number of hydrogen-bond acceptors (Lipinski definition) is 2. The van der Waals surface area contributed by atoms with Gasteiger partial charge in [-0.25, -0.2) is 4.79 Å². The quantitative estimate of drug-likeness (QED) is 0.784. The molecule has 1 aliphatic rings. The smallest absolute Gasteiger partial charge is 0.408 e. The summed E-state index contributed by atoms with van der Waals surface area (Å²) in [7, 11) is 0. The van der Waals surface area contributed by atoms with Crippen LogP contribution in [0, 0.1) is 6.92 Å². The highest BCUT2D eigenvalue weighted by molar-refractivity contribution is 6.18. The molecular formula is C11H12ClNO2. The summed E-state index contributed by atoms with van der Waals surface area (Å²) >= 11 is 5.89. The van der Waals surface area contributed by atoms with Crippen molar-refractivity contribution in [2.45, 2.75) is 12.5 Å². The third-order valence-corrected chi connectivity index (χ3v) is 3.03. The largest absolute Gasteiger partial charge is 0.435 e. The van der Waals surface area contributed by atoms with Gasteiger partial charge in [0.05, 0.1) is 12.4 Å². The molecule has 1 aromatic carbocycles. The highest BCUT2D eigenvalue weighted by atomic mass is 35.5. The van der Waals surface area contributed by atoms with Gasteiger partial charge in [-0.2, -0.15) is 0 Å². The van der Waals surface area contributed by atoms with Crippen LogP contribution in [0.4, 0.5) is 4.79 Å². The standard InChI is InChI=1S/C11H12ClNO2/c1-8-2-4-9(5-3-8)11(6-12)7-13-10(14)15-11/h2-5H,6-7H2,1H3,(H,13,14)/t11-/m1/s1. The summed E-state index contributed by atoms with van der Waals surface area (Å²) in [6.07, 6.45) is -0.406. The molecule has 1 N–H and O–H groups in total. The third-order valence-electron chi connectivity index (χ3n) is 2.60. The number of alkyl carbamates (subject to hydrolysis) is 1. The number of amides is 1. The lowest BCUT2D eigenvalue weighted by molar-refractivity contribution is 0.0732. The highest BCUT2D eigenvalue weighted by Gasteiger charge is 2.41. The number of ether oxygens (including phenoxy) is 1. The van der Waals surface area contributed by atoms with Crippen LogP contribution >= 0.6 is 11.6 Å². The van der Waals surface area contributed by atoms with Gasteiger partial charge in [0.25, 0.3) is 0 Å². The second-order valence-corrected chi connectivity index (χ2v) is 4.00. The van der Waals surface area contributed by atoms with E-state index in [1.807, 2.05) is 31.2 Å². The van der Waals surface area contributed by atoms with Gasteiger partial charge < -0.3 is 10.1 Å². The maximum absolute atomic E-state index is 11.1. The molecule has 1 fully saturated rings. The zero-order chi connectivity index (χ0) is 10.9. The lowest BCUT2D eigenvalue weighted by atomic mass is 9.95. The molecular weight excluding hydrogens is 214 g/mol. The van der Waals surface area contributed by atoms with Crippen molar-refractivity contribution < 1.29 is 9.53 Å². The Hall–Kier alpha value is -1.22. The summed E-state index contributed by atoms with van der Waals surface area (Å²) in [5.74, 6) is 0.259. The fourth-order valence-electron chi connectivity index (χ4n) is 1.63. The van der Waals surface area contributed by atoms with Crippen LogP contribution in [0.15, 0.2) is 24.3 Å². The Bertz CT molecular complexity index is 377. The van der Waals surface area contributed by atoms with E-state index in [0.29, 0.717) is 6.54 Å². The van der Waals surface area contributed by atoms with E-state index < -0.39 is 11.7 Å². The second-order valence-electron chi connectivity index (χ2n) is 3.74. The molecule has 1 saturated heterocycles. The monoisotopic (exact) mass is 225 g/mol. The fraction of sp³-hybridized carbons (Fsp3) is 0.364. The van der Waals surface area contributed by atoms with Crippen LogP contribution in [0.2, 0.25) is 0 Å². The minimum absolute atomic E-state index is 0.259. The molecule has 80 valence electrons. The molecule has 1 heterocycles. The van der Waals surface area contributed by atoms with E-state index in [-0.39, 0.29) is 5.88 Å². The van der Waals surface area contributed by atoms with Gasteiger partial charge in [-0.15, -0.1) is 11.6 Å². The van der Waals surface area contributed by atoms with Crippen molar-refractivity contribution in [3.63, 3.8) is 0 Å². The van der Waals surface area contributed by atoms with E-state index in [0.717, 1.165) is 5.56 Å². The van der Waals surface area contributed by atoms with Gasteiger partial charge >= 0.3 is 6.09 Å². The number of aryl methyl sites for hydroxylation is 1. The summed E-state index contributed by atoms with van der Waals surface area (Å²) in [5, 5.41) is 2.63. The number of hydrogen-bond donors (Lipinski definition) is 1. The number of benzene rings is 1. The summed E-state index contributed by atoms with van der Waals surface area (Å²) in [6.45, 7) is 2.44. The maximum atomic E-state index is 11.1. The van der Waals surface area contributed by atoms with Crippen molar-refractivity contribution in [2.75, 3.05) is 12.4 Å². The Labute approximate surface area is 93.4 Å². The molecule has 0 bridgehead atoms. The van der Waals surface area contributed by atoms with Gasteiger partial charge in [-0.05, 0) is 12.5 Å². The van der Waals surface area contributed by atoms with Gasteiger partial charge in [0.1, 0.15) is 0 Å². The first-order valence-electron chi connectivity index (χ1n) is 4.76. The average Bonchev–Trinajstić information content (AvgIpc) is 2.62. The first kappa shape index (κ1) is 10.3. The first-order chi connectivity index (χ1) is 7.16. The van der Waals surface area contributed by atoms with E-state index in [1.165, 1.54) is 5.56 Å². The second kappa shape index (κ2) is 3.74. The number of halogens is 1. The molecule has 15 heavy (non-hydrogen) atoms. The van der Waals surface area contributed by atoms with E-state index >= 15 is 0 Å². The predicted octanol–water partition coefficient (Wildman–Crippen LogP) is 2.17. The minimum Gasteiger partial charge on any atom is -0.435 e. The molecule has 0 saturated carbocycles. The molecule has 0 aromatic heterocycles. The molecule has 0 radical (unpaired) electrons. The Morgan fingerprint density at radius 1 is 1.47 bits per heavy atom. The van der Waals surface area contributed by atoms with E-state index in [9.17, 15) is 4.79 Å². The lowest BCUT2D eigenvalue weighted by Gasteiger charge is -2.24. The molecule has 1 aliphatic heterocycles. The van der Waals surface area contributed by atoms with Crippen LogP contribution in [0.1, 0.15) is 11.1 Å². The van der Waals surface area contributed by atoms with E-state index in [2.05, 4.69) is 5.32 Å². The zero-order valence-corrected chi connectivity index (χ0v) is 9.17. The van der Waals surface area contributed by atoms with Crippen molar-refractivity contribution in [3.05, 3.63) is 35.4 Å². The van der Waals surface area contributed by atoms with Crippen molar-refractivity contribution >= 4 is 17.7 Å². The van der Waals surface area contributed by atoms with Gasteiger partial charge in [-0.1, -0.05) is 29.8 Å². The third kappa shape index (κ3) is 1.79. The number of nitrogens with one attached hydrogen (secondary N) is 1. The summed E-state index contributed by atoms with van der Waals surface area (Å²) in [6, 6.07) is 7.85. The number of alkyl halides is 1. The summed E-state index contributed by atoms with van der Waals surface area (Å²) in [4.78, 5) is 11.1. The lowest BCUT2D eigenvalue weighted by Crippen LogP contribution is -2.32. The molecule has 0 unspecified atom stereocenters. The van der Waals surface area contributed by atoms with Gasteiger partial charge in [-0.3, -0.25) is 0 Å². The topological polar surface area (TPSA) is 38.3 Å². The van der Waals surface area contributed by atoms with Crippen LogP contribution in [0.3, 0.4) is 0 Å². The summed E-state index contributed by atoms with van der Waals surface area (Å²) in [5.41, 5.74) is 1.40. The van der Waals surface area contributed by atoms with Crippen LogP contribution in [-0.2, 0) is 10.3 Å². The Morgan fingerprint density at radius 2 is 2.13 bits per heavy atom. The zero-order valence-electron chi connectivity index (χ0n) is 8.42. The molecule has 1 atom stereocenters. The molecule has 0 aliphatic carbocycles. The van der Waals surface area contributed by atoms with Crippen molar-refractivity contribution in [3.8, 4) is 0 Å². The molecule has 1 amide bonds. The Balaban J connectivity index is 2.34. The summed E-state index contributed by atoms with van der Waals surface area (Å²) < 4.78 is 5.24. The van der Waals surface area contributed by atoms with Crippen LogP contribution in [0.25, 0.3) is 0 Å². The molecule has 0 spiro atoms. The number of rotatable bonds is 2. The number of carbonyl (C=O) groups excluding carboxylic acids is 1. The van der Waals surface area contributed by atoms with Crippen molar-refractivity contribution in [2.24, 2.45) is 0 Å². The minimum atomic E-state index is -0.702. The fourth-order valence-corrected chi connectivity index (χ4v) is 1.94. The normalized spacial score (nSPS) is 24.8. The highest BCUT2D eigenvalue weighted by Crippen LogP contribution is 2.30. The van der Waals surface area contributed by atoms with E-state index in [1.54, 1.807) is 0 Å². The molecule has 4 heteroatoms. The van der Waals surface area contributed by atoms with E-state index in [4.69, 9.17) is 16.3 Å². The van der Waals surface area contributed by atoms with Crippen molar-refractivity contribution in [1.29, 1.82) is 0 Å². The number of cyclic esters (lactones) is 1. The van der Waals surface area contributed by atoms with Crippen molar-refractivity contribution in [1.82, 2.24) is 5.32 Å².